The maximum atomic E-state index is 12.8. The van der Waals surface area contributed by atoms with Gasteiger partial charge in [-0.05, 0) is 36.4 Å². The zero-order valence-electron chi connectivity index (χ0n) is 14.7. The molecule has 0 saturated heterocycles. The van der Waals surface area contributed by atoms with Crippen molar-refractivity contribution in [3.05, 3.63) is 81.9 Å². The second-order valence-electron chi connectivity index (χ2n) is 5.91. The lowest BCUT2D eigenvalue weighted by Crippen LogP contribution is -2.22. The van der Waals surface area contributed by atoms with Crippen molar-refractivity contribution in [1.29, 1.82) is 0 Å². The minimum Gasteiger partial charge on any atom is -0.420 e. The molecule has 140 valence electrons. The Morgan fingerprint density at radius 2 is 1.93 bits per heavy atom. The van der Waals surface area contributed by atoms with Crippen LogP contribution in [0.3, 0.4) is 0 Å². The highest BCUT2D eigenvalue weighted by Crippen LogP contribution is 2.25. The van der Waals surface area contributed by atoms with E-state index in [-0.39, 0.29) is 5.56 Å². The maximum absolute atomic E-state index is 12.8. The van der Waals surface area contributed by atoms with Crippen molar-refractivity contribution in [2.75, 3.05) is 0 Å². The lowest BCUT2D eigenvalue weighted by molar-refractivity contribution is 0.528. The fourth-order valence-electron chi connectivity index (χ4n) is 2.70. The van der Waals surface area contributed by atoms with Crippen LogP contribution in [0.5, 0.6) is 0 Å². The van der Waals surface area contributed by atoms with Crippen LogP contribution in [0.25, 0.3) is 22.4 Å². The molecule has 0 fully saturated rings. The van der Waals surface area contributed by atoms with Gasteiger partial charge in [0.25, 0.3) is 5.56 Å². The molecule has 0 radical (unpaired) electrons. The Hall–Kier alpha value is -2.71. The third kappa shape index (κ3) is 3.79. The lowest BCUT2D eigenvalue weighted by Gasteiger charge is -2.10. The fourth-order valence-corrected chi connectivity index (χ4v) is 3.81. The summed E-state index contributed by atoms with van der Waals surface area (Å²) < 4.78 is 8.34. The van der Waals surface area contributed by atoms with Crippen LogP contribution >= 0.6 is 27.7 Å². The Kier molecular flexibility index (Phi) is 5.40. The van der Waals surface area contributed by atoms with Gasteiger partial charge in [0.15, 0.2) is 5.16 Å². The van der Waals surface area contributed by atoms with Crippen molar-refractivity contribution < 1.29 is 4.42 Å². The van der Waals surface area contributed by atoms with E-state index >= 15 is 0 Å². The van der Waals surface area contributed by atoms with Crippen molar-refractivity contribution in [1.82, 2.24) is 19.7 Å². The van der Waals surface area contributed by atoms with Crippen LogP contribution < -0.4 is 5.56 Å². The van der Waals surface area contributed by atoms with Gasteiger partial charge in [0.1, 0.15) is 0 Å². The second-order valence-corrected chi connectivity index (χ2v) is 7.77. The number of para-hydroxylation sites is 1. The Morgan fingerprint density at radius 3 is 2.71 bits per heavy atom. The summed E-state index contributed by atoms with van der Waals surface area (Å²) in [5, 5.41) is 9.39. The molecule has 2 aromatic carbocycles. The number of rotatable bonds is 6. The number of hydrogen-bond donors (Lipinski definition) is 0. The fraction of sp³-hybridized carbons (Fsp3) is 0.100. The molecule has 0 aliphatic rings. The molecule has 6 nitrogen and oxygen atoms in total. The van der Waals surface area contributed by atoms with Crippen LogP contribution in [0.4, 0.5) is 0 Å². The minimum absolute atomic E-state index is 0.0888. The van der Waals surface area contributed by atoms with Crippen molar-refractivity contribution >= 4 is 38.6 Å². The Bertz CT molecular complexity index is 1200. The lowest BCUT2D eigenvalue weighted by atomic mass is 10.2. The van der Waals surface area contributed by atoms with Crippen molar-refractivity contribution in [2.45, 2.75) is 17.5 Å². The van der Waals surface area contributed by atoms with Gasteiger partial charge >= 0.3 is 0 Å². The van der Waals surface area contributed by atoms with E-state index in [0.29, 0.717) is 40.1 Å². The van der Waals surface area contributed by atoms with Crippen LogP contribution in [0.1, 0.15) is 5.89 Å². The summed E-state index contributed by atoms with van der Waals surface area (Å²) in [6, 6.07) is 14.9. The van der Waals surface area contributed by atoms with Gasteiger partial charge in [0.05, 0.1) is 16.7 Å². The molecular formula is C20H15BrN4O2S. The number of aromatic nitrogens is 4. The molecule has 0 bridgehead atoms. The van der Waals surface area contributed by atoms with E-state index in [4.69, 9.17) is 4.42 Å². The number of hydrogen-bond acceptors (Lipinski definition) is 6. The van der Waals surface area contributed by atoms with Crippen molar-refractivity contribution in [3.8, 4) is 11.5 Å². The average Bonchev–Trinajstić information content (AvgIpc) is 3.18. The molecule has 0 amide bonds. The maximum Gasteiger partial charge on any atom is 0.262 e. The Balaban J connectivity index is 1.60. The predicted molar refractivity (Wildman–Crippen MR) is 113 cm³/mol. The first-order chi connectivity index (χ1) is 13.7. The van der Waals surface area contributed by atoms with Crippen molar-refractivity contribution in [2.24, 2.45) is 0 Å². The van der Waals surface area contributed by atoms with Gasteiger partial charge in [-0.2, -0.15) is 0 Å². The molecule has 0 unspecified atom stereocenters. The summed E-state index contributed by atoms with van der Waals surface area (Å²) in [6.07, 6.45) is 1.68. The molecule has 4 rings (SSSR count). The SMILES string of the molecule is C=CCn1c(SCc2nnc(-c3ccc(Br)cc3)o2)nc2ccccc2c1=O. The third-order valence-electron chi connectivity index (χ3n) is 4.02. The molecule has 8 heteroatoms. The van der Waals surface area contributed by atoms with Gasteiger partial charge in [0.2, 0.25) is 11.8 Å². The topological polar surface area (TPSA) is 73.8 Å². The monoisotopic (exact) mass is 454 g/mol. The highest BCUT2D eigenvalue weighted by Gasteiger charge is 2.13. The van der Waals surface area contributed by atoms with E-state index < -0.39 is 0 Å². The quantitative estimate of drug-likeness (QED) is 0.239. The summed E-state index contributed by atoms with van der Waals surface area (Å²) in [5.41, 5.74) is 1.42. The van der Waals surface area contributed by atoms with E-state index in [1.165, 1.54) is 11.8 Å². The first-order valence-electron chi connectivity index (χ1n) is 8.47. The normalized spacial score (nSPS) is 11.0. The summed E-state index contributed by atoms with van der Waals surface area (Å²) in [6.45, 7) is 4.12. The highest BCUT2D eigenvalue weighted by atomic mass is 79.9. The summed E-state index contributed by atoms with van der Waals surface area (Å²) in [5.74, 6) is 1.33. The van der Waals surface area contributed by atoms with Gasteiger partial charge in [-0.3, -0.25) is 9.36 Å². The third-order valence-corrected chi connectivity index (χ3v) is 5.51. The van der Waals surface area contributed by atoms with Gasteiger partial charge in [0, 0.05) is 16.6 Å². The summed E-state index contributed by atoms with van der Waals surface area (Å²) in [7, 11) is 0. The number of allylic oxidation sites excluding steroid dienone is 1. The van der Waals surface area contributed by atoms with E-state index in [0.717, 1.165) is 10.0 Å². The van der Waals surface area contributed by atoms with Crippen LogP contribution in [0, 0.1) is 0 Å². The molecule has 0 aliphatic carbocycles. The molecule has 0 spiro atoms. The van der Waals surface area contributed by atoms with Gasteiger partial charge in [-0.1, -0.05) is 45.9 Å². The second kappa shape index (κ2) is 8.12. The number of thioether (sulfide) groups is 1. The Morgan fingerprint density at radius 1 is 1.14 bits per heavy atom. The van der Waals surface area contributed by atoms with Gasteiger partial charge < -0.3 is 4.42 Å². The van der Waals surface area contributed by atoms with Gasteiger partial charge in [-0.25, -0.2) is 4.98 Å². The Labute approximate surface area is 173 Å². The number of nitrogens with zero attached hydrogens (tertiary/aromatic N) is 4. The molecule has 0 aliphatic heterocycles. The van der Waals surface area contributed by atoms with Crippen LogP contribution in [-0.2, 0) is 12.3 Å². The van der Waals surface area contributed by atoms with E-state index in [1.54, 1.807) is 16.7 Å². The first kappa shape index (κ1) is 18.6. The molecule has 0 saturated carbocycles. The number of benzene rings is 2. The predicted octanol–water partition coefficient (Wildman–Crippen LogP) is 4.69. The van der Waals surface area contributed by atoms with E-state index in [1.807, 2.05) is 42.5 Å². The average molecular weight is 455 g/mol. The highest BCUT2D eigenvalue weighted by molar-refractivity contribution is 9.10. The minimum atomic E-state index is -0.0888. The zero-order chi connectivity index (χ0) is 19.5. The van der Waals surface area contributed by atoms with Crippen LogP contribution in [0.15, 0.2) is 80.0 Å². The van der Waals surface area contributed by atoms with E-state index in [2.05, 4.69) is 37.7 Å². The molecule has 28 heavy (non-hydrogen) atoms. The number of halogens is 1. The first-order valence-corrected chi connectivity index (χ1v) is 10.2. The molecule has 2 heterocycles. The van der Waals surface area contributed by atoms with E-state index in [9.17, 15) is 4.79 Å². The van der Waals surface area contributed by atoms with Gasteiger partial charge in [-0.15, -0.1) is 16.8 Å². The zero-order valence-corrected chi connectivity index (χ0v) is 17.1. The standard InChI is InChI=1S/C20H15BrN4O2S/c1-2-11-25-19(26)15-5-3-4-6-16(15)22-20(25)28-12-17-23-24-18(27-17)13-7-9-14(21)10-8-13/h2-10H,1,11-12H2. The van der Waals surface area contributed by atoms with Crippen molar-refractivity contribution in [3.63, 3.8) is 0 Å². The number of fused-ring (bicyclic) bond motifs is 1. The van der Waals surface area contributed by atoms with Crippen LogP contribution in [0.2, 0.25) is 0 Å². The molecule has 4 aromatic rings. The summed E-state index contributed by atoms with van der Waals surface area (Å²) in [4.78, 5) is 17.4. The molecular weight excluding hydrogens is 440 g/mol. The largest absolute Gasteiger partial charge is 0.420 e. The molecule has 2 aromatic heterocycles. The molecule has 0 N–H and O–H groups in total. The summed E-state index contributed by atoms with van der Waals surface area (Å²) >= 11 is 4.78. The molecule has 0 atom stereocenters. The smallest absolute Gasteiger partial charge is 0.262 e. The van der Waals surface area contributed by atoms with Crippen LogP contribution in [-0.4, -0.2) is 19.7 Å².